The molecule has 2 heterocycles. The number of fused-ring (bicyclic) bond motifs is 1. The summed E-state index contributed by atoms with van der Waals surface area (Å²) >= 11 is 0. The minimum atomic E-state index is 0.857. The Morgan fingerprint density at radius 3 is 3.00 bits per heavy atom. The Labute approximate surface area is 97.5 Å². The van der Waals surface area contributed by atoms with Crippen molar-refractivity contribution in [3.8, 4) is 0 Å². The van der Waals surface area contributed by atoms with E-state index in [-0.39, 0.29) is 0 Å². The van der Waals surface area contributed by atoms with E-state index in [0.717, 1.165) is 18.5 Å². The van der Waals surface area contributed by atoms with Gasteiger partial charge in [-0.25, -0.2) is 4.98 Å². The van der Waals surface area contributed by atoms with Crippen LogP contribution in [-0.4, -0.2) is 27.0 Å². The molecule has 1 aliphatic heterocycles. The first kappa shape index (κ1) is 10.3. The lowest BCUT2D eigenvalue weighted by Crippen LogP contribution is -2.41. The number of nitrogens with zero attached hydrogens (tertiary/aromatic N) is 3. The number of likely N-dealkylation sites (tertiary alicyclic amines) is 1. The molecule has 1 saturated heterocycles. The molecule has 88 valence electrons. The van der Waals surface area contributed by atoms with E-state index in [9.17, 15) is 0 Å². The van der Waals surface area contributed by atoms with Crippen LogP contribution in [0, 0.1) is 5.92 Å². The Bertz CT molecular complexity index is 358. The third kappa shape index (κ3) is 1.88. The first-order valence-electron chi connectivity index (χ1n) is 6.54. The first-order chi connectivity index (χ1) is 7.83. The van der Waals surface area contributed by atoms with Crippen molar-refractivity contribution < 1.29 is 0 Å². The fourth-order valence-corrected chi connectivity index (χ4v) is 3.51. The summed E-state index contributed by atoms with van der Waals surface area (Å²) in [5.74, 6) is 0.984. The second-order valence-corrected chi connectivity index (χ2v) is 5.40. The van der Waals surface area contributed by atoms with Crippen LogP contribution in [0.5, 0.6) is 0 Å². The van der Waals surface area contributed by atoms with Crippen molar-refractivity contribution in [2.75, 3.05) is 6.54 Å². The number of imidazole rings is 1. The van der Waals surface area contributed by atoms with Crippen LogP contribution in [0.15, 0.2) is 12.5 Å². The highest BCUT2D eigenvalue weighted by molar-refractivity contribution is 4.99. The lowest BCUT2D eigenvalue weighted by atomic mass is 9.92. The average Bonchev–Trinajstić information content (AvgIpc) is 2.87. The van der Waals surface area contributed by atoms with E-state index in [1.807, 2.05) is 17.9 Å². The fraction of sp³-hybridized carbons (Fsp3) is 0.769. The van der Waals surface area contributed by atoms with Gasteiger partial charge in [0.15, 0.2) is 0 Å². The molecule has 3 nitrogen and oxygen atoms in total. The van der Waals surface area contributed by atoms with Gasteiger partial charge in [0.05, 0.1) is 12.0 Å². The molecule has 0 unspecified atom stereocenters. The van der Waals surface area contributed by atoms with Crippen LogP contribution >= 0.6 is 0 Å². The van der Waals surface area contributed by atoms with E-state index in [2.05, 4.69) is 16.1 Å². The number of hydrogen-bond donors (Lipinski definition) is 0. The summed E-state index contributed by atoms with van der Waals surface area (Å²) in [6.07, 6.45) is 11.2. The first-order valence-corrected chi connectivity index (χ1v) is 6.54. The zero-order valence-electron chi connectivity index (χ0n) is 10.1. The topological polar surface area (TPSA) is 21.1 Å². The molecule has 16 heavy (non-hydrogen) atoms. The van der Waals surface area contributed by atoms with Crippen molar-refractivity contribution in [2.45, 2.75) is 44.7 Å². The predicted octanol–water partition coefficient (Wildman–Crippen LogP) is 2.18. The van der Waals surface area contributed by atoms with Crippen LogP contribution in [0.4, 0.5) is 0 Å². The number of aromatic nitrogens is 2. The largest absolute Gasteiger partial charge is 0.340 e. The van der Waals surface area contributed by atoms with Crippen LogP contribution in [-0.2, 0) is 13.6 Å². The van der Waals surface area contributed by atoms with Crippen molar-refractivity contribution >= 4 is 0 Å². The van der Waals surface area contributed by atoms with Gasteiger partial charge in [-0.2, -0.15) is 0 Å². The van der Waals surface area contributed by atoms with Gasteiger partial charge in [-0.05, 0) is 38.1 Å². The summed E-state index contributed by atoms with van der Waals surface area (Å²) in [4.78, 5) is 7.12. The summed E-state index contributed by atoms with van der Waals surface area (Å²) in [5.41, 5.74) is 1.23. The average molecular weight is 219 g/mol. The molecule has 1 saturated carbocycles. The summed E-state index contributed by atoms with van der Waals surface area (Å²) in [6, 6.07) is 0.857. The molecule has 0 spiro atoms. The zero-order chi connectivity index (χ0) is 11.0. The van der Waals surface area contributed by atoms with E-state index in [1.165, 1.54) is 44.3 Å². The molecule has 0 amide bonds. The Balaban J connectivity index is 1.69. The van der Waals surface area contributed by atoms with Crippen molar-refractivity contribution in [2.24, 2.45) is 13.0 Å². The predicted molar refractivity (Wildman–Crippen MR) is 64.0 cm³/mol. The molecule has 3 rings (SSSR count). The lowest BCUT2D eigenvalue weighted by molar-refractivity contribution is 0.104. The minimum absolute atomic E-state index is 0.857. The number of piperidine rings is 1. The number of rotatable bonds is 2. The van der Waals surface area contributed by atoms with E-state index in [0.29, 0.717) is 0 Å². The maximum absolute atomic E-state index is 4.45. The van der Waals surface area contributed by atoms with Gasteiger partial charge in [0.1, 0.15) is 0 Å². The quantitative estimate of drug-likeness (QED) is 0.760. The summed E-state index contributed by atoms with van der Waals surface area (Å²) in [5, 5.41) is 0. The van der Waals surface area contributed by atoms with Crippen molar-refractivity contribution in [3.05, 3.63) is 18.2 Å². The molecular formula is C13H21N3. The minimum Gasteiger partial charge on any atom is -0.340 e. The van der Waals surface area contributed by atoms with Crippen LogP contribution in [0.25, 0.3) is 0 Å². The van der Waals surface area contributed by atoms with Gasteiger partial charge in [0.2, 0.25) is 0 Å². The Morgan fingerprint density at radius 2 is 2.19 bits per heavy atom. The molecule has 3 heteroatoms. The van der Waals surface area contributed by atoms with Crippen molar-refractivity contribution in [1.82, 2.24) is 14.5 Å². The van der Waals surface area contributed by atoms with Crippen molar-refractivity contribution in [1.29, 1.82) is 0 Å². The van der Waals surface area contributed by atoms with Gasteiger partial charge < -0.3 is 4.57 Å². The molecule has 1 aromatic rings. The molecule has 0 bridgehead atoms. The Hall–Kier alpha value is -0.830. The zero-order valence-corrected chi connectivity index (χ0v) is 10.1. The van der Waals surface area contributed by atoms with E-state index in [4.69, 9.17) is 0 Å². The number of hydrogen-bond acceptors (Lipinski definition) is 2. The second kappa shape index (κ2) is 4.21. The van der Waals surface area contributed by atoms with Crippen LogP contribution in [0.2, 0.25) is 0 Å². The normalized spacial score (nSPS) is 30.6. The van der Waals surface area contributed by atoms with Crippen LogP contribution in [0.1, 0.15) is 37.8 Å². The highest BCUT2D eigenvalue weighted by Gasteiger charge is 2.34. The summed E-state index contributed by atoms with van der Waals surface area (Å²) in [7, 11) is 2.05. The van der Waals surface area contributed by atoms with Crippen LogP contribution < -0.4 is 0 Å². The molecule has 0 aromatic carbocycles. The molecule has 1 aromatic heterocycles. The van der Waals surface area contributed by atoms with E-state index in [1.54, 1.807) is 0 Å². The molecule has 2 atom stereocenters. The van der Waals surface area contributed by atoms with Crippen molar-refractivity contribution in [3.63, 3.8) is 0 Å². The molecule has 0 N–H and O–H groups in total. The summed E-state index contributed by atoms with van der Waals surface area (Å²) in [6.45, 7) is 2.33. The van der Waals surface area contributed by atoms with Gasteiger partial charge >= 0.3 is 0 Å². The van der Waals surface area contributed by atoms with Crippen LogP contribution in [0.3, 0.4) is 0 Å². The number of aryl methyl sites for hydroxylation is 1. The highest BCUT2D eigenvalue weighted by atomic mass is 15.2. The third-order valence-corrected chi connectivity index (χ3v) is 4.23. The van der Waals surface area contributed by atoms with Gasteiger partial charge in [-0.1, -0.05) is 6.42 Å². The Kier molecular flexibility index (Phi) is 2.72. The monoisotopic (exact) mass is 219 g/mol. The highest BCUT2D eigenvalue weighted by Crippen LogP contribution is 2.37. The molecular weight excluding hydrogens is 198 g/mol. The van der Waals surface area contributed by atoms with E-state index < -0.39 is 0 Å². The maximum atomic E-state index is 4.45. The van der Waals surface area contributed by atoms with Gasteiger partial charge in [0, 0.05) is 25.8 Å². The fourth-order valence-electron chi connectivity index (χ4n) is 3.51. The maximum Gasteiger partial charge on any atom is 0.0947 e. The van der Waals surface area contributed by atoms with Gasteiger partial charge in [0.25, 0.3) is 0 Å². The standard InChI is InChI=1S/C13H21N3/c1-15-8-12(14-10-15)9-16-7-3-5-11-4-2-6-13(11)16/h8,10-11,13H,2-7,9H2,1H3/t11-,13+/m1/s1. The third-order valence-electron chi connectivity index (χ3n) is 4.23. The smallest absolute Gasteiger partial charge is 0.0947 e. The second-order valence-electron chi connectivity index (χ2n) is 5.40. The van der Waals surface area contributed by atoms with Gasteiger partial charge in [-0.3, -0.25) is 4.90 Å². The molecule has 2 aliphatic rings. The lowest BCUT2D eigenvalue weighted by Gasteiger charge is -2.37. The molecule has 2 fully saturated rings. The van der Waals surface area contributed by atoms with E-state index >= 15 is 0 Å². The molecule has 0 radical (unpaired) electrons. The summed E-state index contributed by atoms with van der Waals surface area (Å²) < 4.78 is 2.05. The van der Waals surface area contributed by atoms with Gasteiger partial charge in [-0.15, -0.1) is 0 Å². The molecule has 1 aliphatic carbocycles. The SMILES string of the molecule is Cn1cnc(CN2CCC[C@H]3CCC[C@@H]32)c1. The Morgan fingerprint density at radius 1 is 1.31 bits per heavy atom.